The molecule has 5 aromatic rings. The average Bonchev–Trinajstić information content (AvgIpc) is 3.22. The fourth-order valence-electron chi connectivity index (χ4n) is 3.23. The first-order valence-electron chi connectivity index (χ1n) is 9.55. The molecule has 6 heteroatoms. The van der Waals surface area contributed by atoms with E-state index in [9.17, 15) is 0 Å². The summed E-state index contributed by atoms with van der Waals surface area (Å²) in [6.45, 7) is 0.402. The van der Waals surface area contributed by atoms with Crippen LogP contribution in [0.3, 0.4) is 0 Å². The zero-order valence-electron chi connectivity index (χ0n) is 16.0. The largest absolute Gasteiger partial charge is 0.488 e. The second kappa shape index (κ2) is 8.05. The van der Waals surface area contributed by atoms with Crippen molar-refractivity contribution < 1.29 is 9.26 Å². The van der Waals surface area contributed by atoms with E-state index in [2.05, 4.69) is 20.4 Å². The molecular formula is C24H18N4O2. The number of pyridine rings is 2. The monoisotopic (exact) mass is 394 g/mol. The molecule has 0 fully saturated rings. The van der Waals surface area contributed by atoms with Gasteiger partial charge in [0.05, 0.1) is 17.6 Å². The molecule has 0 atom stereocenters. The van der Waals surface area contributed by atoms with Crippen molar-refractivity contribution >= 4 is 22.5 Å². The van der Waals surface area contributed by atoms with Crippen LogP contribution in [0.4, 0.5) is 11.5 Å². The van der Waals surface area contributed by atoms with E-state index in [1.54, 1.807) is 18.6 Å². The van der Waals surface area contributed by atoms with E-state index >= 15 is 0 Å². The Morgan fingerprint density at radius 1 is 0.900 bits per heavy atom. The van der Waals surface area contributed by atoms with Crippen molar-refractivity contribution in [3.8, 4) is 17.0 Å². The van der Waals surface area contributed by atoms with Gasteiger partial charge in [0.15, 0.2) is 11.4 Å². The van der Waals surface area contributed by atoms with Crippen molar-refractivity contribution in [3.05, 3.63) is 97.0 Å². The fourth-order valence-corrected chi connectivity index (χ4v) is 3.23. The molecule has 30 heavy (non-hydrogen) atoms. The smallest absolute Gasteiger partial charge is 0.185 e. The zero-order chi connectivity index (χ0) is 20.2. The second-order valence-electron chi connectivity index (χ2n) is 6.73. The van der Waals surface area contributed by atoms with Gasteiger partial charge in [-0.1, -0.05) is 41.6 Å². The third-order valence-corrected chi connectivity index (χ3v) is 4.67. The number of hydrogen-bond acceptors (Lipinski definition) is 6. The Hall–Kier alpha value is -4.19. The highest BCUT2D eigenvalue weighted by Gasteiger charge is 2.14. The van der Waals surface area contributed by atoms with Crippen molar-refractivity contribution in [1.29, 1.82) is 0 Å². The summed E-state index contributed by atoms with van der Waals surface area (Å²) < 4.78 is 11.6. The molecule has 3 heterocycles. The summed E-state index contributed by atoms with van der Waals surface area (Å²) in [6.07, 6.45) is 5.25. The highest BCUT2D eigenvalue weighted by atomic mass is 16.5. The maximum Gasteiger partial charge on any atom is 0.185 e. The van der Waals surface area contributed by atoms with Gasteiger partial charge in [-0.05, 0) is 42.0 Å². The number of hydrogen-bond donors (Lipinski definition) is 1. The Bertz CT molecular complexity index is 1270. The van der Waals surface area contributed by atoms with Gasteiger partial charge in [0, 0.05) is 18.0 Å². The van der Waals surface area contributed by atoms with Crippen LogP contribution in [0.1, 0.15) is 5.56 Å². The van der Waals surface area contributed by atoms with Crippen LogP contribution >= 0.6 is 0 Å². The van der Waals surface area contributed by atoms with Crippen LogP contribution in [-0.2, 0) is 6.61 Å². The van der Waals surface area contributed by atoms with Crippen LogP contribution in [0, 0.1) is 0 Å². The number of fused-ring (bicyclic) bond motifs is 1. The molecule has 0 unspecified atom stereocenters. The van der Waals surface area contributed by atoms with Crippen LogP contribution in [0.5, 0.6) is 5.75 Å². The van der Waals surface area contributed by atoms with Crippen LogP contribution < -0.4 is 10.1 Å². The molecule has 0 amide bonds. The van der Waals surface area contributed by atoms with Crippen molar-refractivity contribution in [2.75, 3.05) is 5.32 Å². The number of aromatic nitrogens is 3. The number of nitrogens with one attached hydrogen (secondary N) is 1. The molecule has 5 rings (SSSR count). The molecular weight excluding hydrogens is 376 g/mol. The zero-order valence-corrected chi connectivity index (χ0v) is 16.0. The van der Waals surface area contributed by atoms with Crippen LogP contribution in [-0.4, -0.2) is 15.1 Å². The van der Waals surface area contributed by atoms with Gasteiger partial charge in [-0.2, -0.15) is 0 Å². The Morgan fingerprint density at radius 3 is 2.70 bits per heavy atom. The second-order valence-corrected chi connectivity index (χ2v) is 6.73. The summed E-state index contributed by atoms with van der Waals surface area (Å²) in [6, 6.07) is 23.5. The maximum atomic E-state index is 6.15. The lowest BCUT2D eigenvalue weighted by Crippen LogP contribution is -1.98. The number of benzene rings is 2. The first-order valence-corrected chi connectivity index (χ1v) is 9.55. The summed E-state index contributed by atoms with van der Waals surface area (Å²) in [5, 5.41) is 8.19. The van der Waals surface area contributed by atoms with Gasteiger partial charge in [0.1, 0.15) is 17.7 Å². The average molecular weight is 394 g/mol. The molecule has 0 radical (unpaired) electrons. The van der Waals surface area contributed by atoms with Gasteiger partial charge in [-0.3, -0.25) is 9.97 Å². The lowest BCUT2D eigenvalue weighted by Gasteiger charge is -2.09. The van der Waals surface area contributed by atoms with E-state index in [4.69, 9.17) is 9.26 Å². The van der Waals surface area contributed by atoms with E-state index in [0.29, 0.717) is 23.8 Å². The molecule has 0 aliphatic rings. The quantitative estimate of drug-likeness (QED) is 0.404. The van der Waals surface area contributed by atoms with E-state index < -0.39 is 0 Å². The van der Waals surface area contributed by atoms with Crippen molar-refractivity contribution in [3.63, 3.8) is 0 Å². The molecule has 1 N–H and O–H groups in total. The highest BCUT2D eigenvalue weighted by Crippen LogP contribution is 2.34. The van der Waals surface area contributed by atoms with Crippen molar-refractivity contribution in [2.45, 2.75) is 6.61 Å². The Morgan fingerprint density at radius 2 is 1.83 bits per heavy atom. The van der Waals surface area contributed by atoms with Crippen LogP contribution in [0.15, 0.2) is 95.9 Å². The number of rotatable bonds is 6. The molecule has 0 spiro atoms. The minimum Gasteiger partial charge on any atom is -0.488 e. The normalized spacial score (nSPS) is 10.8. The first kappa shape index (κ1) is 17.9. The summed E-state index contributed by atoms with van der Waals surface area (Å²) in [4.78, 5) is 8.59. The Balaban J connectivity index is 1.40. The molecule has 146 valence electrons. The Kier molecular flexibility index (Phi) is 4.79. The lowest BCUT2D eigenvalue weighted by atomic mass is 10.1. The third kappa shape index (κ3) is 3.71. The van der Waals surface area contributed by atoms with Crippen LogP contribution in [0.25, 0.3) is 22.2 Å². The van der Waals surface area contributed by atoms with Gasteiger partial charge in [0.25, 0.3) is 0 Å². The van der Waals surface area contributed by atoms with Gasteiger partial charge in [0.2, 0.25) is 0 Å². The molecule has 0 saturated heterocycles. The minimum atomic E-state index is 0.402. The summed E-state index contributed by atoms with van der Waals surface area (Å²) in [7, 11) is 0. The number of anilines is 2. The predicted octanol–water partition coefficient (Wildman–Crippen LogP) is 5.61. The molecule has 3 aromatic heterocycles. The van der Waals surface area contributed by atoms with E-state index in [0.717, 1.165) is 27.9 Å². The molecule has 6 nitrogen and oxygen atoms in total. The first-order chi connectivity index (χ1) is 14.9. The fraction of sp³-hybridized carbons (Fsp3) is 0.0417. The maximum absolute atomic E-state index is 6.15. The Labute approximate surface area is 173 Å². The summed E-state index contributed by atoms with van der Waals surface area (Å²) in [5.74, 6) is 1.28. The molecule has 0 bridgehead atoms. The number of nitrogens with zero attached hydrogens (tertiary/aromatic N) is 3. The van der Waals surface area contributed by atoms with Crippen LogP contribution in [0.2, 0.25) is 0 Å². The van der Waals surface area contributed by atoms with Gasteiger partial charge in [-0.15, -0.1) is 0 Å². The van der Waals surface area contributed by atoms with Gasteiger partial charge < -0.3 is 14.6 Å². The van der Waals surface area contributed by atoms with E-state index in [-0.39, 0.29) is 0 Å². The predicted molar refractivity (Wildman–Crippen MR) is 116 cm³/mol. The molecule has 0 aliphatic carbocycles. The third-order valence-electron chi connectivity index (χ3n) is 4.67. The molecule has 0 saturated carbocycles. The molecule has 2 aromatic carbocycles. The topological polar surface area (TPSA) is 73.1 Å². The van der Waals surface area contributed by atoms with Crippen molar-refractivity contribution in [1.82, 2.24) is 15.1 Å². The highest BCUT2D eigenvalue weighted by molar-refractivity contribution is 5.95. The van der Waals surface area contributed by atoms with Crippen molar-refractivity contribution in [2.24, 2.45) is 0 Å². The standard InChI is InChI=1S/C24H18N4O2/c1-2-6-18(7-3-1)20-14-17(11-13-26-20)16-29-21-9-4-10-22-23(21)24(28-30-22)27-19-8-5-12-25-15-19/h1-15H,16H2,(H,27,28). The van der Waals surface area contributed by atoms with E-state index in [1.165, 1.54) is 0 Å². The van der Waals surface area contributed by atoms with Gasteiger partial charge in [-0.25, -0.2) is 0 Å². The summed E-state index contributed by atoms with van der Waals surface area (Å²) in [5.41, 5.74) is 4.49. The van der Waals surface area contributed by atoms with Gasteiger partial charge >= 0.3 is 0 Å². The lowest BCUT2D eigenvalue weighted by molar-refractivity contribution is 0.310. The van der Waals surface area contributed by atoms with E-state index in [1.807, 2.05) is 72.8 Å². The SMILES string of the molecule is c1ccc(-c2cc(COc3cccc4onc(Nc5cccnc5)c34)ccn2)cc1. The molecule has 0 aliphatic heterocycles. The summed E-state index contributed by atoms with van der Waals surface area (Å²) >= 11 is 0. The minimum absolute atomic E-state index is 0.402. The number of ether oxygens (including phenoxy) is 1.